The van der Waals surface area contributed by atoms with E-state index in [1.807, 2.05) is 0 Å². The molecule has 0 aliphatic rings. The molecule has 0 fully saturated rings. The summed E-state index contributed by atoms with van der Waals surface area (Å²) >= 11 is 0. The van der Waals surface area contributed by atoms with Gasteiger partial charge in [-0.1, -0.05) is 100 Å². The Balaban J connectivity index is 1.64. The zero-order chi connectivity index (χ0) is 26.1. The predicted molar refractivity (Wildman–Crippen MR) is 151 cm³/mol. The summed E-state index contributed by atoms with van der Waals surface area (Å²) < 4.78 is 0. The van der Waals surface area contributed by atoms with Gasteiger partial charge in [0.05, 0.1) is 0 Å². The highest BCUT2D eigenvalue weighted by molar-refractivity contribution is 5.78. The van der Waals surface area contributed by atoms with Gasteiger partial charge in [-0.05, 0) is 73.3 Å². The third-order valence-corrected chi connectivity index (χ3v) is 8.08. The Morgan fingerprint density at radius 2 is 0.917 bits per heavy atom. The highest BCUT2D eigenvalue weighted by atomic mass is 16.3. The summed E-state index contributed by atoms with van der Waals surface area (Å²) in [6.07, 6.45) is 13.6. The minimum atomic E-state index is 0.0967. The second-order valence-electron chi connectivity index (χ2n) is 11.2. The maximum absolute atomic E-state index is 12.4. The van der Waals surface area contributed by atoms with E-state index in [2.05, 4.69) is 74.5 Å². The molecule has 0 aliphatic heterocycles. The largest absolute Gasteiger partial charge is 0.396 e. The molecule has 200 valence electrons. The number of carbonyl (C=O) groups excluding carboxylic acids is 1. The average Bonchev–Trinajstić information content (AvgIpc) is 2.91. The zero-order valence-corrected chi connectivity index (χ0v) is 22.9. The normalized spacial score (nSPS) is 14.8. The monoisotopic (exact) mass is 494 g/mol. The van der Waals surface area contributed by atoms with Gasteiger partial charge in [-0.15, -0.1) is 0 Å². The van der Waals surface area contributed by atoms with Gasteiger partial charge in [0.1, 0.15) is 5.78 Å². The molecule has 36 heavy (non-hydrogen) atoms. The van der Waals surface area contributed by atoms with Crippen LogP contribution >= 0.6 is 0 Å². The van der Waals surface area contributed by atoms with Crippen LogP contribution in [0.3, 0.4) is 0 Å². The summed E-state index contributed by atoms with van der Waals surface area (Å²) in [5, 5.41) is 18.7. The molecule has 3 nitrogen and oxygen atoms in total. The quantitative estimate of drug-likeness (QED) is 0.184. The molecule has 0 bridgehead atoms. The second kappa shape index (κ2) is 16.7. The fraction of sp³-hybridized carbons (Fsp3) is 0.606. The lowest BCUT2D eigenvalue weighted by Crippen LogP contribution is -2.22. The SMILES string of the molecule is CC(CCCO)(CCCCCC(=O)CCCCCC(C)(CCCO)c1ccccc1)c1ccccc1. The number of aliphatic hydroxyl groups is 2. The molecule has 3 heteroatoms. The molecular weight excluding hydrogens is 444 g/mol. The van der Waals surface area contributed by atoms with E-state index in [-0.39, 0.29) is 24.0 Å². The van der Waals surface area contributed by atoms with Crippen molar-refractivity contribution in [1.82, 2.24) is 0 Å². The first kappa shape index (κ1) is 30.3. The zero-order valence-electron chi connectivity index (χ0n) is 22.9. The maximum Gasteiger partial charge on any atom is 0.132 e. The molecule has 0 amide bonds. The molecule has 0 saturated carbocycles. The van der Waals surface area contributed by atoms with Gasteiger partial charge in [0.2, 0.25) is 0 Å². The molecule has 2 aromatic rings. The lowest BCUT2D eigenvalue weighted by molar-refractivity contribution is -0.119. The average molecular weight is 495 g/mol. The number of hydrogen-bond acceptors (Lipinski definition) is 3. The molecule has 0 saturated heterocycles. The molecule has 0 heterocycles. The number of rotatable bonds is 20. The van der Waals surface area contributed by atoms with Gasteiger partial charge < -0.3 is 10.2 Å². The van der Waals surface area contributed by atoms with Crippen molar-refractivity contribution in [3.8, 4) is 0 Å². The number of Topliss-reactive ketones (excluding diaryl/α,β-unsaturated/α-hetero) is 1. The van der Waals surface area contributed by atoms with Crippen molar-refractivity contribution in [2.24, 2.45) is 0 Å². The first-order valence-electron chi connectivity index (χ1n) is 14.3. The smallest absolute Gasteiger partial charge is 0.132 e. The van der Waals surface area contributed by atoms with Gasteiger partial charge in [-0.25, -0.2) is 0 Å². The van der Waals surface area contributed by atoms with Crippen molar-refractivity contribution >= 4 is 5.78 Å². The summed E-state index contributed by atoms with van der Waals surface area (Å²) in [6.45, 7) is 5.11. The van der Waals surface area contributed by atoms with E-state index < -0.39 is 0 Å². The van der Waals surface area contributed by atoms with Gasteiger partial charge in [0, 0.05) is 26.1 Å². The Hall–Kier alpha value is -1.97. The van der Waals surface area contributed by atoms with Crippen LogP contribution in [-0.2, 0) is 15.6 Å². The first-order valence-corrected chi connectivity index (χ1v) is 14.3. The summed E-state index contributed by atoms with van der Waals surface area (Å²) in [7, 11) is 0. The van der Waals surface area contributed by atoms with Crippen LogP contribution in [0.4, 0.5) is 0 Å². The van der Waals surface area contributed by atoms with Gasteiger partial charge in [-0.3, -0.25) is 4.79 Å². The molecule has 2 unspecified atom stereocenters. The molecule has 2 rings (SSSR count). The van der Waals surface area contributed by atoms with E-state index in [9.17, 15) is 15.0 Å². The van der Waals surface area contributed by atoms with Crippen LogP contribution in [0.2, 0.25) is 0 Å². The van der Waals surface area contributed by atoms with Gasteiger partial charge in [-0.2, -0.15) is 0 Å². The fourth-order valence-corrected chi connectivity index (χ4v) is 5.60. The summed E-state index contributed by atoms with van der Waals surface area (Å²) in [5.74, 6) is 0.409. The Morgan fingerprint density at radius 1 is 0.556 bits per heavy atom. The van der Waals surface area contributed by atoms with E-state index in [4.69, 9.17) is 0 Å². The number of benzene rings is 2. The minimum absolute atomic E-state index is 0.0967. The Labute approximate surface area is 220 Å². The van der Waals surface area contributed by atoms with Gasteiger partial charge in [0.15, 0.2) is 0 Å². The van der Waals surface area contributed by atoms with Crippen LogP contribution in [-0.4, -0.2) is 29.2 Å². The van der Waals surface area contributed by atoms with Gasteiger partial charge in [0.25, 0.3) is 0 Å². The minimum Gasteiger partial charge on any atom is -0.396 e. The van der Waals surface area contributed by atoms with E-state index in [0.717, 1.165) is 77.0 Å². The number of carbonyl (C=O) groups is 1. The van der Waals surface area contributed by atoms with Crippen LogP contribution in [0.1, 0.15) is 115 Å². The fourth-order valence-electron chi connectivity index (χ4n) is 5.60. The molecule has 0 radical (unpaired) electrons. The number of aliphatic hydroxyl groups excluding tert-OH is 2. The topological polar surface area (TPSA) is 57.5 Å². The van der Waals surface area contributed by atoms with Crippen LogP contribution in [0.25, 0.3) is 0 Å². The third-order valence-electron chi connectivity index (χ3n) is 8.08. The van der Waals surface area contributed by atoms with Crippen molar-refractivity contribution in [1.29, 1.82) is 0 Å². The molecule has 2 N–H and O–H groups in total. The molecule has 2 atom stereocenters. The number of hydrogen-bond donors (Lipinski definition) is 2. The van der Waals surface area contributed by atoms with Gasteiger partial charge >= 0.3 is 0 Å². The summed E-state index contributed by atoms with van der Waals surface area (Å²) in [5.41, 5.74) is 2.90. The van der Waals surface area contributed by atoms with Crippen LogP contribution < -0.4 is 0 Å². The van der Waals surface area contributed by atoms with Crippen molar-refractivity contribution in [3.63, 3.8) is 0 Å². The second-order valence-corrected chi connectivity index (χ2v) is 11.2. The van der Waals surface area contributed by atoms with E-state index >= 15 is 0 Å². The lowest BCUT2D eigenvalue weighted by Gasteiger charge is -2.30. The van der Waals surface area contributed by atoms with Crippen molar-refractivity contribution in [2.75, 3.05) is 13.2 Å². The molecule has 0 spiro atoms. The van der Waals surface area contributed by atoms with Crippen molar-refractivity contribution < 1.29 is 15.0 Å². The molecule has 0 aromatic heterocycles. The first-order chi connectivity index (χ1) is 17.4. The molecular formula is C33H50O3. The van der Waals surface area contributed by atoms with Crippen LogP contribution in [0.15, 0.2) is 60.7 Å². The Kier molecular flexibility index (Phi) is 14.0. The van der Waals surface area contributed by atoms with Crippen LogP contribution in [0, 0.1) is 0 Å². The number of unbranched alkanes of at least 4 members (excludes halogenated alkanes) is 4. The number of ketones is 1. The lowest BCUT2D eigenvalue weighted by atomic mass is 9.74. The van der Waals surface area contributed by atoms with E-state index in [0.29, 0.717) is 18.6 Å². The van der Waals surface area contributed by atoms with E-state index in [1.165, 1.54) is 11.1 Å². The highest BCUT2D eigenvalue weighted by Crippen LogP contribution is 2.35. The Bertz CT molecular complexity index is 765. The highest BCUT2D eigenvalue weighted by Gasteiger charge is 2.26. The summed E-state index contributed by atoms with van der Waals surface area (Å²) in [6, 6.07) is 21.3. The maximum atomic E-state index is 12.4. The van der Waals surface area contributed by atoms with Crippen molar-refractivity contribution in [2.45, 2.75) is 115 Å². The van der Waals surface area contributed by atoms with E-state index in [1.54, 1.807) is 0 Å². The standard InChI is InChI=1S/C33H50O3/c1-32(25-15-27-34,29-17-7-3-8-18-29)23-13-5-11-21-31(36)22-12-6-14-24-33(2,26-16-28-35)30-19-9-4-10-20-30/h3-4,7-10,17-20,34-35H,5-6,11-16,21-28H2,1-2H3. The third kappa shape index (κ3) is 10.6. The molecule has 2 aromatic carbocycles. The summed E-state index contributed by atoms with van der Waals surface area (Å²) in [4.78, 5) is 12.4. The molecule has 0 aliphatic carbocycles. The van der Waals surface area contributed by atoms with Crippen molar-refractivity contribution in [3.05, 3.63) is 71.8 Å². The van der Waals surface area contributed by atoms with Crippen LogP contribution in [0.5, 0.6) is 0 Å². The predicted octanol–water partition coefficient (Wildman–Crippen LogP) is 7.92. The Morgan fingerprint density at radius 3 is 1.28 bits per heavy atom.